The molecule has 0 atom stereocenters. The van der Waals surface area contributed by atoms with Crippen molar-refractivity contribution < 1.29 is 9.90 Å². The zero-order valence-electron chi connectivity index (χ0n) is 13.7. The van der Waals surface area contributed by atoms with Gasteiger partial charge in [-0.1, -0.05) is 19.8 Å². The van der Waals surface area contributed by atoms with Crippen LogP contribution in [0, 0.1) is 0 Å². The van der Waals surface area contributed by atoms with Crippen LogP contribution >= 0.6 is 0 Å². The Morgan fingerprint density at radius 3 is 2.58 bits per heavy atom. The third-order valence-corrected chi connectivity index (χ3v) is 4.62. The predicted octanol–water partition coefficient (Wildman–Crippen LogP) is 1.43. The lowest BCUT2D eigenvalue weighted by atomic mass is 10.1. The number of imidazole rings is 1. The molecule has 1 fully saturated rings. The molecule has 1 aliphatic rings. The molecule has 0 amide bonds. The summed E-state index contributed by atoms with van der Waals surface area (Å²) < 4.78 is 3.29. The summed E-state index contributed by atoms with van der Waals surface area (Å²) in [7, 11) is 0. The van der Waals surface area contributed by atoms with E-state index >= 15 is 0 Å². The number of aliphatic carboxylic acids is 1. The molecule has 2 aromatic rings. The van der Waals surface area contributed by atoms with Crippen molar-refractivity contribution in [2.45, 2.75) is 64.5 Å². The van der Waals surface area contributed by atoms with Crippen molar-refractivity contribution >= 4 is 17.1 Å². The fourth-order valence-corrected chi connectivity index (χ4v) is 3.56. The van der Waals surface area contributed by atoms with E-state index in [2.05, 4.69) is 9.97 Å². The molecule has 0 aromatic carbocycles. The molecule has 8 heteroatoms. The SMILES string of the molecule is CCCn1c(C2CCCC2)nc2c(=O)[nH]c(=O)n(CCC(=O)O)c21. The van der Waals surface area contributed by atoms with Crippen LogP contribution < -0.4 is 11.2 Å². The van der Waals surface area contributed by atoms with Gasteiger partial charge in [-0.2, -0.15) is 0 Å². The number of nitrogens with zero attached hydrogens (tertiary/aromatic N) is 3. The van der Waals surface area contributed by atoms with E-state index < -0.39 is 17.2 Å². The van der Waals surface area contributed by atoms with Crippen molar-refractivity contribution in [3.8, 4) is 0 Å². The van der Waals surface area contributed by atoms with Crippen LogP contribution in [0.1, 0.15) is 57.2 Å². The third-order valence-electron chi connectivity index (χ3n) is 4.62. The summed E-state index contributed by atoms with van der Waals surface area (Å²) in [6.07, 6.45) is 5.00. The highest BCUT2D eigenvalue weighted by Gasteiger charge is 2.26. The zero-order chi connectivity index (χ0) is 17.3. The van der Waals surface area contributed by atoms with Gasteiger partial charge in [-0.3, -0.25) is 19.1 Å². The molecule has 0 unspecified atom stereocenters. The Morgan fingerprint density at radius 2 is 1.96 bits per heavy atom. The Kier molecular flexibility index (Phi) is 4.55. The van der Waals surface area contributed by atoms with E-state index in [1.807, 2.05) is 11.5 Å². The number of H-pyrrole nitrogens is 1. The maximum absolute atomic E-state index is 12.2. The number of rotatable bonds is 6. The lowest BCUT2D eigenvalue weighted by Gasteiger charge is -2.14. The number of nitrogens with one attached hydrogen (secondary N) is 1. The lowest BCUT2D eigenvalue weighted by Crippen LogP contribution is -2.32. The van der Waals surface area contributed by atoms with E-state index in [1.165, 1.54) is 4.57 Å². The molecule has 2 aromatic heterocycles. The number of carbonyl (C=O) groups is 1. The first-order chi connectivity index (χ1) is 11.5. The van der Waals surface area contributed by atoms with Crippen LogP contribution in [0.3, 0.4) is 0 Å². The quantitative estimate of drug-likeness (QED) is 0.830. The number of aromatic amines is 1. The van der Waals surface area contributed by atoms with Gasteiger partial charge >= 0.3 is 11.7 Å². The molecule has 0 saturated heterocycles. The van der Waals surface area contributed by atoms with E-state index in [4.69, 9.17) is 5.11 Å². The monoisotopic (exact) mass is 334 g/mol. The molecule has 1 saturated carbocycles. The predicted molar refractivity (Wildman–Crippen MR) is 88.4 cm³/mol. The van der Waals surface area contributed by atoms with E-state index in [0.29, 0.717) is 18.1 Å². The van der Waals surface area contributed by atoms with Crippen molar-refractivity contribution in [3.63, 3.8) is 0 Å². The molecular weight excluding hydrogens is 312 g/mol. The minimum absolute atomic E-state index is 0.0148. The Hall–Kier alpha value is -2.38. The molecular formula is C16H22N4O4. The zero-order valence-corrected chi connectivity index (χ0v) is 13.7. The topological polar surface area (TPSA) is 110 Å². The van der Waals surface area contributed by atoms with E-state index in [9.17, 15) is 14.4 Å². The van der Waals surface area contributed by atoms with Gasteiger partial charge in [0.15, 0.2) is 5.52 Å². The molecule has 0 spiro atoms. The van der Waals surface area contributed by atoms with Gasteiger partial charge in [-0.15, -0.1) is 0 Å². The highest BCUT2D eigenvalue weighted by Crippen LogP contribution is 2.34. The van der Waals surface area contributed by atoms with Crippen molar-refractivity contribution in [3.05, 3.63) is 26.7 Å². The van der Waals surface area contributed by atoms with Crippen LogP contribution in [0.15, 0.2) is 9.59 Å². The fourth-order valence-electron chi connectivity index (χ4n) is 3.56. The van der Waals surface area contributed by atoms with E-state index in [0.717, 1.165) is 37.9 Å². The number of carboxylic acid groups (broad SMARTS) is 1. The first kappa shape index (κ1) is 16.5. The summed E-state index contributed by atoms with van der Waals surface area (Å²) in [6.45, 7) is 2.69. The molecule has 24 heavy (non-hydrogen) atoms. The summed E-state index contributed by atoms with van der Waals surface area (Å²) in [5.74, 6) is 0.162. The van der Waals surface area contributed by atoms with Crippen molar-refractivity contribution in [1.82, 2.24) is 19.1 Å². The number of aromatic nitrogens is 4. The summed E-state index contributed by atoms with van der Waals surface area (Å²) in [4.78, 5) is 42.2. The Bertz CT molecular complexity index is 871. The number of hydrogen-bond acceptors (Lipinski definition) is 4. The summed E-state index contributed by atoms with van der Waals surface area (Å²) >= 11 is 0. The van der Waals surface area contributed by atoms with Crippen molar-refractivity contribution in [2.75, 3.05) is 0 Å². The van der Waals surface area contributed by atoms with Gasteiger partial charge in [-0.05, 0) is 19.3 Å². The molecule has 0 bridgehead atoms. The van der Waals surface area contributed by atoms with Gasteiger partial charge < -0.3 is 9.67 Å². The van der Waals surface area contributed by atoms with Crippen LogP contribution in [0.2, 0.25) is 0 Å². The second kappa shape index (κ2) is 6.62. The second-order valence-corrected chi connectivity index (χ2v) is 6.33. The summed E-state index contributed by atoms with van der Waals surface area (Å²) in [6, 6.07) is 0. The first-order valence-corrected chi connectivity index (χ1v) is 8.48. The van der Waals surface area contributed by atoms with Crippen LogP contribution in [0.25, 0.3) is 11.2 Å². The Balaban J connectivity index is 2.24. The van der Waals surface area contributed by atoms with Gasteiger partial charge in [-0.25, -0.2) is 9.78 Å². The van der Waals surface area contributed by atoms with Crippen LogP contribution in [0.5, 0.6) is 0 Å². The molecule has 0 radical (unpaired) electrons. The standard InChI is InChI=1S/C16H22N4O4/c1-2-8-19-13(10-5-3-4-6-10)17-12-14(23)18-16(24)20(15(12)19)9-7-11(21)22/h10H,2-9H2,1H3,(H,21,22)(H,18,23,24). The average Bonchev–Trinajstić information content (AvgIpc) is 3.15. The number of carboxylic acids is 1. The maximum atomic E-state index is 12.2. The van der Waals surface area contributed by atoms with Gasteiger partial charge in [0.05, 0.1) is 6.42 Å². The molecule has 0 aliphatic heterocycles. The minimum Gasteiger partial charge on any atom is -0.481 e. The Morgan fingerprint density at radius 1 is 1.25 bits per heavy atom. The highest BCUT2D eigenvalue weighted by atomic mass is 16.4. The highest BCUT2D eigenvalue weighted by molar-refractivity contribution is 5.72. The fraction of sp³-hybridized carbons (Fsp3) is 0.625. The van der Waals surface area contributed by atoms with Gasteiger partial charge in [0, 0.05) is 19.0 Å². The first-order valence-electron chi connectivity index (χ1n) is 8.48. The van der Waals surface area contributed by atoms with Crippen LogP contribution in [-0.2, 0) is 17.9 Å². The van der Waals surface area contributed by atoms with Crippen molar-refractivity contribution in [1.29, 1.82) is 0 Å². The van der Waals surface area contributed by atoms with Crippen molar-refractivity contribution in [2.24, 2.45) is 0 Å². The molecule has 8 nitrogen and oxygen atoms in total. The molecule has 130 valence electrons. The molecule has 2 N–H and O–H groups in total. The third kappa shape index (κ3) is 2.88. The van der Waals surface area contributed by atoms with E-state index in [-0.39, 0.29) is 18.5 Å². The summed E-state index contributed by atoms with van der Waals surface area (Å²) in [5, 5.41) is 8.93. The Labute approximate surface area is 138 Å². The smallest absolute Gasteiger partial charge is 0.330 e. The van der Waals surface area contributed by atoms with Crippen LogP contribution in [-0.4, -0.2) is 30.2 Å². The molecule has 2 heterocycles. The van der Waals surface area contributed by atoms with E-state index in [1.54, 1.807) is 0 Å². The largest absolute Gasteiger partial charge is 0.481 e. The average molecular weight is 334 g/mol. The summed E-state index contributed by atoms with van der Waals surface area (Å²) in [5.41, 5.74) is -0.399. The van der Waals surface area contributed by atoms with Gasteiger partial charge in [0.1, 0.15) is 11.5 Å². The normalized spacial score (nSPS) is 15.4. The second-order valence-electron chi connectivity index (χ2n) is 6.33. The van der Waals surface area contributed by atoms with Gasteiger partial charge in [0.25, 0.3) is 5.56 Å². The lowest BCUT2D eigenvalue weighted by molar-refractivity contribution is -0.137. The number of fused-ring (bicyclic) bond motifs is 1. The van der Waals surface area contributed by atoms with Crippen LogP contribution in [0.4, 0.5) is 0 Å². The maximum Gasteiger partial charge on any atom is 0.330 e. The molecule has 3 rings (SSSR count). The van der Waals surface area contributed by atoms with Gasteiger partial charge in [0.2, 0.25) is 0 Å². The minimum atomic E-state index is -0.987. The molecule has 1 aliphatic carbocycles. The number of aryl methyl sites for hydroxylation is 2. The number of hydrogen-bond donors (Lipinski definition) is 2.